The number of hydrogen-bond donors (Lipinski definition) is 2. The summed E-state index contributed by atoms with van der Waals surface area (Å²) in [5.74, 6) is 1.11. The number of thiazole rings is 1. The highest BCUT2D eigenvalue weighted by molar-refractivity contribution is 7.91. The van der Waals surface area contributed by atoms with E-state index in [-0.39, 0.29) is 23.2 Å². The molecule has 2 heterocycles. The topological polar surface area (TPSA) is 140 Å². The van der Waals surface area contributed by atoms with Crippen molar-refractivity contribution < 1.29 is 17.9 Å². The van der Waals surface area contributed by atoms with Gasteiger partial charge in [-0.2, -0.15) is 0 Å². The molecule has 13 heteroatoms. The number of anilines is 1. The van der Waals surface area contributed by atoms with E-state index in [0.29, 0.717) is 46.6 Å². The average molecular weight is 661 g/mol. The van der Waals surface area contributed by atoms with Crippen LogP contribution in [0.25, 0.3) is 12.2 Å². The van der Waals surface area contributed by atoms with Crippen molar-refractivity contribution in [3.05, 3.63) is 110 Å². The number of halogens is 1. The number of carbonyl (C=O) groups is 1. The van der Waals surface area contributed by atoms with E-state index in [1.165, 1.54) is 25.0 Å². The first kappa shape index (κ1) is 30.6. The number of benzene rings is 3. The van der Waals surface area contributed by atoms with Crippen molar-refractivity contribution in [3.63, 3.8) is 0 Å². The van der Waals surface area contributed by atoms with E-state index in [0.717, 1.165) is 21.8 Å². The minimum atomic E-state index is -3.47. The summed E-state index contributed by atoms with van der Waals surface area (Å²) in [7, 11) is -3.47. The van der Waals surface area contributed by atoms with Crippen molar-refractivity contribution in [2.24, 2.45) is 0 Å². The lowest BCUT2D eigenvalue weighted by Gasteiger charge is -2.14. The number of tetrazole rings is 1. The summed E-state index contributed by atoms with van der Waals surface area (Å²) in [5.41, 5.74) is 3.80. The molecule has 1 aliphatic carbocycles. The van der Waals surface area contributed by atoms with E-state index in [2.05, 4.69) is 31.3 Å². The number of carbonyl (C=O) groups excluding carboxylic acids is 1. The Morgan fingerprint density at radius 2 is 1.93 bits per heavy atom. The fourth-order valence-corrected chi connectivity index (χ4v) is 6.89. The van der Waals surface area contributed by atoms with Crippen LogP contribution in [0, 0.1) is 0 Å². The molecule has 10 nitrogen and oxygen atoms in total. The number of nitrogens with one attached hydrogen (secondary N) is 2. The molecular formula is C32H29ClN6O4S2. The number of aryl methyl sites for hydroxylation is 1. The van der Waals surface area contributed by atoms with Gasteiger partial charge < -0.3 is 10.1 Å². The summed E-state index contributed by atoms with van der Waals surface area (Å²) in [4.78, 5) is 18.3. The number of rotatable bonds is 13. The van der Waals surface area contributed by atoms with Crippen molar-refractivity contribution >= 4 is 56.5 Å². The first-order valence-corrected chi connectivity index (χ1v) is 17.2. The molecule has 0 bridgehead atoms. The lowest BCUT2D eigenvalue weighted by molar-refractivity contribution is 0.102. The van der Waals surface area contributed by atoms with E-state index in [9.17, 15) is 13.2 Å². The first-order valence-electron chi connectivity index (χ1n) is 14.3. The van der Waals surface area contributed by atoms with Gasteiger partial charge in [0.2, 0.25) is 0 Å². The molecular weight excluding hydrogens is 632 g/mol. The Hall–Kier alpha value is -4.39. The van der Waals surface area contributed by atoms with Crippen molar-refractivity contribution in [1.82, 2.24) is 25.6 Å². The third-order valence-electron chi connectivity index (χ3n) is 7.20. The summed E-state index contributed by atoms with van der Waals surface area (Å²) in [6, 6.07) is 18.8. The second-order valence-electron chi connectivity index (χ2n) is 10.6. The number of aromatic nitrogens is 5. The smallest absolute Gasteiger partial charge is 0.255 e. The maximum Gasteiger partial charge on any atom is 0.255 e. The van der Waals surface area contributed by atoms with Gasteiger partial charge in [0.05, 0.1) is 22.0 Å². The number of sulfone groups is 1. The molecule has 1 fully saturated rings. The first-order chi connectivity index (χ1) is 21.8. The molecule has 45 heavy (non-hydrogen) atoms. The standard InChI is InChI=1S/C32H29ClN6O4S2/c33-25-10-12-26(13-11-25)45(41,42)16-2-4-22-6-14-29(43-19-30-36-38-39-37-30)27(18-22)35-32(40)24-5-1-3-21(17-24)7-15-31-34-28(20-44-31)23-8-9-23/h1,3,5-7,10-15,17-18,20,23H,2,4,8-9,16,19H2,(H,35,40)(H,36,37,38,39). The summed E-state index contributed by atoms with van der Waals surface area (Å²) in [5, 5.41) is 20.1. The van der Waals surface area contributed by atoms with Gasteiger partial charge in [-0.3, -0.25) is 4.79 Å². The minimum absolute atomic E-state index is 0.0315. The molecule has 2 aromatic heterocycles. The summed E-state index contributed by atoms with van der Waals surface area (Å²) in [6.07, 6.45) is 7.20. The van der Waals surface area contributed by atoms with Gasteiger partial charge >= 0.3 is 0 Å². The average Bonchev–Trinajstić information content (AvgIpc) is 3.54. The number of H-pyrrole nitrogens is 1. The molecule has 1 amide bonds. The Morgan fingerprint density at radius 3 is 2.71 bits per heavy atom. The van der Waals surface area contributed by atoms with Gasteiger partial charge in [-0.1, -0.05) is 35.9 Å². The predicted octanol–water partition coefficient (Wildman–Crippen LogP) is 6.60. The van der Waals surface area contributed by atoms with Crippen molar-refractivity contribution in [2.75, 3.05) is 11.1 Å². The Balaban J connectivity index is 1.15. The highest BCUT2D eigenvalue weighted by Crippen LogP contribution is 2.40. The van der Waals surface area contributed by atoms with Gasteiger partial charge in [0.15, 0.2) is 15.7 Å². The monoisotopic (exact) mass is 660 g/mol. The molecule has 0 atom stereocenters. The molecule has 0 radical (unpaired) electrons. The van der Waals surface area contributed by atoms with Crippen LogP contribution in [-0.2, 0) is 22.9 Å². The van der Waals surface area contributed by atoms with E-state index in [1.807, 2.05) is 36.4 Å². The molecule has 3 aromatic carbocycles. The van der Waals surface area contributed by atoms with Crippen molar-refractivity contribution in [1.29, 1.82) is 0 Å². The molecule has 0 saturated heterocycles. The zero-order valence-corrected chi connectivity index (χ0v) is 26.4. The third-order valence-corrected chi connectivity index (χ3v) is 10.1. The normalized spacial score (nSPS) is 13.3. The Kier molecular flexibility index (Phi) is 9.34. The Labute approximate surface area is 269 Å². The van der Waals surface area contributed by atoms with Gasteiger partial charge in [-0.15, -0.1) is 16.4 Å². The van der Waals surface area contributed by atoms with Gasteiger partial charge in [-0.25, -0.2) is 18.5 Å². The molecule has 1 aliphatic rings. The molecule has 6 rings (SSSR count). The van der Waals surface area contributed by atoms with Gasteiger partial charge in [0.25, 0.3) is 5.91 Å². The molecule has 0 unspecified atom stereocenters. The fourth-order valence-electron chi connectivity index (χ4n) is 4.66. The Morgan fingerprint density at radius 1 is 1.09 bits per heavy atom. The number of amides is 1. The number of aromatic amines is 1. The molecule has 2 N–H and O–H groups in total. The van der Waals surface area contributed by atoms with Crippen LogP contribution >= 0.6 is 22.9 Å². The van der Waals surface area contributed by atoms with Crippen LogP contribution in [0.4, 0.5) is 5.69 Å². The van der Waals surface area contributed by atoms with E-state index in [4.69, 9.17) is 21.3 Å². The third kappa shape index (κ3) is 8.21. The Bertz CT molecular complexity index is 1920. The largest absolute Gasteiger partial charge is 0.483 e. The van der Waals surface area contributed by atoms with Crippen LogP contribution in [0.5, 0.6) is 5.75 Å². The van der Waals surface area contributed by atoms with Crippen LogP contribution in [0.2, 0.25) is 5.02 Å². The quantitative estimate of drug-likeness (QED) is 0.144. The second kappa shape index (κ2) is 13.7. The van der Waals surface area contributed by atoms with Crippen LogP contribution in [0.1, 0.15) is 63.2 Å². The maximum absolute atomic E-state index is 13.4. The SMILES string of the molecule is O=C(Nc1cc(CCCS(=O)(=O)c2ccc(Cl)cc2)ccc1OCc1nnn[nH]1)c1cccc(C=Cc2nc(C3CC3)cs2)c1. The predicted molar refractivity (Wildman–Crippen MR) is 174 cm³/mol. The molecule has 0 spiro atoms. The van der Waals surface area contributed by atoms with Crippen molar-refractivity contribution in [2.45, 2.75) is 43.1 Å². The maximum atomic E-state index is 13.4. The highest BCUT2D eigenvalue weighted by atomic mass is 35.5. The number of ether oxygens (including phenoxy) is 1. The number of hydrogen-bond acceptors (Lipinski definition) is 9. The molecule has 230 valence electrons. The van der Waals surface area contributed by atoms with Crippen LogP contribution in [0.15, 0.2) is 77.0 Å². The minimum Gasteiger partial charge on any atom is -0.483 e. The fraction of sp³-hybridized carbons (Fsp3) is 0.219. The summed E-state index contributed by atoms with van der Waals surface area (Å²) in [6.45, 7) is 0.0635. The summed E-state index contributed by atoms with van der Waals surface area (Å²) >= 11 is 7.52. The van der Waals surface area contributed by atoms with Gasteiger partial charge in [0, 0.05) is 21.9 Å². The van der Waals surface area contributed by atoms with Crippen molar-refractivity contribution in [3.8, 4) is 5.75 Å². The van der Waals surface area contributed by atoms with E-state index >= 15 is 0 Å². The zero-order valence-electron chi connectivity index (χ0n) is 24.0. The lowest BCUT2D eigenvalue weighted by Crippen LogP contribution is -2.14. The zero-order chi connectivity index (χ0) is 31.2. The molecule has 0 aliphatic heterocycles. The molecule has 5 aromatic rings. The van der Waals surface area contributed by atoms with Gasteiger partial charge in [-0.05, 0) is 102 Å². The van der Waals surface area contributed by atoms with Gasteiger partial charge in [0.1, 0.15) is 17.4 Å². The molecule has 1 saturated carbocycles. The second-order valence-corrected chi connectivity index (χ2v) is 14.1. The van der Waals surface area contributed by atoms with Crippen LogP contribution in [-0.4, -0.2) is 45.7 Å². The van der Waals surface area contributed by atoms with E-state index in [1.54, 1.807) is 41.7 Å². The van der Waals surface area contributed by atoms with E-state index < -0.39 is 9.84 Å². The summed E-state index contributed by atoms with van der Waals surface area (Å²) < 4.78 is 31.5. The highest BCUT2D eigenvalue weighted by Gasteiger charge is 2.25. The van der Waals surface area contributed by atoms with Crippen LogP contribution in [0.3, 0.4) is 0 Å². The number of nitrogens with zero attached hydrogens (tertiary/aromatic N) is 4. The van der Waals surface area contributed by atoms with Crippen LogP contribution < -0.4 is 10.1 Å². The lowest BCUT2D eigenvalue weighted by atomic mass is 10.1.